The van der Waals surface area contributed by atoms with Crippen LogP contribution < -0.4 is 5.32 Å². The summed E-state index contributed by atoms with van der Waals surface area (Å²) in [6.07, 6.45) is 0.954. The van der Waals surface area contributed by atoms with E-state index in [1.165, 1.54) is 12.0 Å². The van der Waals surface area contributed by atoms with Gasteiger partial charge < -0.3 is 25.2 Å². The van der Waals surface area contributed by atoms with E-state index < -0.39 is 18.0 Å². The van der Waals surface area contributed by atoms with Crippen LogP contribution in [0.25, 0.3) is 0 Å². The van der Waals surface area contributed by atoms with Crippen LogP contribution in [0.2, 0.25) is 0 Å². The second kappa shape index (κ2) is 7.68. The molecule has 0 aromatic rings. The molecule has 1 fully saturated rings. The summed E-state index contributed by atoms with van der Waals surface area (Å²) in [5, 5.41) is 20.0. The highest BCUT2D eigenvalue weighted by Crippen LogP contribution is 2.18. The van der Waals surface area contributed by atoms with Gasteiger partial charge in [0.2, 0.25) is 0 Å². The number of rotatable bonds is 5. The van der Waals surface area contributed by atoms with E-state index in [1.807, 2.05) is 0 Å². The summed E-state index contributed by atoms with van der Waals surface area (Å²) in [4.78, 5) is 35.6. The first-order valence-corrected chi connectivity index (χ1v) is 6.46. The summed E-state index contributed by atoms with van der Waals surface area (Å²) in [5.41, 5.74) is 0. The predicted octanol–water partition coefficient (Wildman–Crippen LogP) is -0.583. The largest absolute Gasteiger partial charge is 0.480 e. The molecule has 0 spiro atoms. The summed E-state index contributed by atoms with van der Waals surface area (Å²) in [7, 11) is 1.33. The first-order chi connectivity index (χ1) is 9.49. The first kappa shape index (κ1) is 16.2. The summed E-state index contributed by atoms with van der Waals surface area (Å²) >= 11 is 0. The molecule has 0 aromatic carbocycles. The molecule has 1 saturated heterocycles. The maximum Gasteiger partial charge on any atom is 0.326 e. The molecule has 1 atom stereocenters. The molecule has 20 heavy (non-hydrogen) atoms. The van der Waals surface area contributed by atoms with Gasteiger partial charge in [-0.2, -0.15) is 0 Å². The summed E-state index contributed by atoms with van der Waals surface area (Å²) in [6.45, 7) is 0.426. The van der Waals surface area contributed by atoms with E-state index >= 15 is 0 Å². The third-order valence-corrected chi connectivity index (χ3v) is 3.33. The number of piperidine rings is 1. The van der Waals surface area contributed by atoms with Crippen LogP contribution in [0.5, 0.6) is 0 Å². The number of carboxylic acid groups (broad SMARTS) is 1. The molecule has 0 radical (unpaired) electrons. The van der Waals surface area contributed by atoms with Crippen LogP contribution in [0.4, 0.5) is 4.79 Å². The summed E-state index contributed by atoms with van der Waals surface area (Å²) in [5.74, 6) is -1.68. The fourth-order valence-electron chi connectivity index (χ4n) is 2.11. The number of likely N-dealkylation sites (tertiary alicyclic amines) is 1. The predicted molar refractivity (Wildman–Crippen MR) is 68.0 cm³/mol. The standard InChI is InChI=1S/C12H20N2O6/c1-20-11(18)8-2-5-14(6-3-8)12(19)13-9(4-7-15)10(16)17/h8-9,15H,2-7H2,1H3,(H,13,19)(H,16,17)/t9-/m0/s1. The van der Waals surface area contributed by atoms with Crippen molar-refractivity contribution in [1.29, 1.82) is 0 Å². The number of ether oxygens (including phenoxy) is 1. The summed E-state index contributed by atoms with van der Waals surface area (Å²) in [6, 6.07) is -1.60. The van der Waals surface area contributed by atoms with Crippen molar-refractivity contribution >= 4 is 18.0 Å². The van der Waals surface area contributed by atoms with Crippen LogP contribution in [0, 0.1) is 5.92 Å². The Balaban J connectivity index is 2.46. The van der Waals surface area contributed by atoms with Crippen molar-refractivity contribution in [3.8, 4) is 0 Å². The molecule has 114 valence electrons. The molecule has 0 saturated carbocycles. The number of esters is 1. The fourth-order valence-corrected chi connectivity index (χ4v) is 2.11. The van der Waals surface area contributed by atoms with E-state index in [4.69, 9.17) is 10.2 Å². The molecule has 1 heterocycles. The van der Waals surface area contributed by atoms with Gasteiger partial charge in [-0.25, -0.2) is 9.59 Å². The molecule has 2 amide bonds. The Morgan fingerprint density at radius 1 is 1.35 bits per heavy atom. The molecular formula is C12H20N2O6. The second-order valence-electron chi connectivity index (χ2n) is 4.64. The highest BCUT2D eigenvalue weighted by Gasteiger charge is 2.29. The van der Waals surface area contributed by atoms with Crippen LogP contribution in [0.1, 0.15) is 19.3 Å². The molecule has 1 aliphatic rings. The van der Waals surface area contributed by atoms with Gasteiger partial charge in [-0.05, 0) is 12.8 Å². The number of carbonyl (C=O) groups excluding carboxylic acids is 2. The Morgan fingerprint density at radius 2 is 1.95 bits per heavy atom. The van der Waals surface area contributed by atoms with Crippen molar-refractivity contribution in [2.45, 2.75) is 25.3 Å². The van der Waals surface area contributed by atoms with Gasteiger partial charge in [-0.1, -0.05) is 0 Å². The topological polar surface area (TPSA) is 116 Å². The average molecular weight is 288 g/mol. The minimum absolute atomic E-state index is 0.0420. The van der Waals surface area contributed by atoms with Crippen LogP contribution in [0.3, 0.4) is 0 Å². The van der Waals surface area contributed by atoms with Crippen molar-refractivity contribution < 1.29 is 29.3 Å². The molecule has 8 nitrogen and oxygen atoms in total. The number of aliphatic hydroxyl groups excluding tert-OH is 1. The molecule has 0 bridgehead atoms. The van der Waals surface area contributed by atoms with E-state index in [1.54, 1.807) is 0 Å². The van der Waals surface area contributed by atoms with Gasteiger partial charge in [-0.3, -0.25) is 4.79 Å². The summed E-state index contributed by atoms with van der Waals surface area (Å²) < 4.78 is 4.65. The number of hydrogen-bond donors (Lipinski definition) is 3. The lowest BCUT2D eigenvalue weighted by molar-refractivity contribution is -0.146. The third-order valence-electron chi connectivity index (χ3n) is 3.33. The lowest BCUT2D eigenvalue weighted by Gasteiger charge is -2.31. The normalized spacial score (nSPS) is 17.4. The number of hydrogen-bond acceptors (Lipinski definition) is 5. The van der Waals surface area contributed by atoms with E-state index in [0.717, 1.165) is 0 Å². The van der Waals surface area contributed by atoms with Crippen LogP contribution in [-0.2, 0) is 14.3 Å². The van der Waals surface area contributed by atoms with Crippen molar-refractivity contribution in [2.24, 2.45) is 5.92 Å². The van der Waals surface area contributed by atoms with Gasteiger partial charge in [0, 0.05) is 26.1 Å². The number of amides is 2. The van der Waals surface area contributed by atoms with Gasteiger partial charge in [-0.15, -0.1) is 0 Å². The van der Waals surface area contributed by atoms with Crippen LogP contribution >= 0.6 is 0 Å². The lowest BCUT2D eigenvalue weighted by atomic mass is 9.97. The number of aliphatic carboxylic acids is 1. The van der Waals surface area contributed by atoms with Crippen LogP contribution in [-0.4, -0.2) is 65.9 Å². The molecule has 1 rings (SSSR count). The van der Waals surface area contributed by atoms with Crippen molar-refractivity contribution in [2.75, 3.05) is 26.8 Å². The molecule has 8 heteroatoms. The number of carbonyl (C=O) groups is 3. The molecule has 0 aromatic heterocycles. The highest BCUT2D eigenvalue weighted by atomic mass is 16.5. The fraction of sp³-hybridized carbons (Fsp3) is 0.750. The SMILES string of the molecule is COC(=O)C1CCN(C(=O)N[C@@H](CCO)C(=O)O)CC1. The minimum Gasteiger partial charge on any atom is -0.480 e. The van der Waals surface area contributed by atoms with E-state index in [-0.39, 0.29) is 24.9 Å². The maximum absolute atomic E-state index is 11.9. The zero-order valence-corrected chi connectivity index (χ0v) is 11.4. The van der Waals surface area contributed by atoms with Gasteiger partial charge in [0.05, 0.1) is 13.0 Å². The van der Waals surface area contributed by atoms with Crippen molar-refractivity contribution in [3.63, 3.8) is 0 Å². The first-order valence-electron chi connectivity index (χ1n) is 6.46. The number of carboxylic acids is 1. The maximum atomic E-state index is 11.9. The smallest absolute Gasteiger partial charge is 0.326 e. The average Bonchev–Trinajstić information content (AvgIpc) is 2.45. The number of nitrogens with one attached hydrogen (secondary N) is 1. The van der Waals surface area contributed by atoms with Crippen molar-refractivity contribution in [3.05, 3.63) is 0 Å². The molecule has 0 aliphatic carbocycles. The minimum atomic E-state index is -1.18. The van der Waals surface area contributed by atoms with Crippen LogP contribution in [0.15, 0.2) is 0 Å². The van der Waals surface area contributed by atoms with Crippen molar-refractivity contribution in [1.82, 2.24) is 10.2 Å². The van der Waals surface area contributed by atoms with E-state index in [9.17, 15) is 14.4 Å². The molecular weight excluding hydrogens is 268 g/mol. The Morgan fingerprint density at radius 3 is 2.40 bits per heavy atom. The monoisotopic (exact) mass is 288 g/mol. The van der Waals surface area contributed by atoms with Gasteiger partial charge in [0.1, 0.15) is 6.04 Å². The Kier molecular flexibility index (Phi) is 6.23. The number of nitrogens with zero attached hydrogens (tertiary/aromatic N) is 1. The molecule has 1 aliphatic heterocycles. The quantitative estimate of drug-likeness (QED) is 0.583. The van der Waals surface area contributed by atoms with E-state index in [0.29, 0.717) is 25.9 Å². The number of urea groups is 1. The Bertz CT molecular complexity index is 365. The van der Waals surface area contributed by atoms with Gasteiger partial charge in [0.15, 0.2) is 0 Å². The van der Waals surface area contributed by atoms with E-state index in [2.05, 4.69) is 10.1 Å². The Labute approximate surface area is 116 Å². The lowest BCUT2D eigenvalue weighted by Crippen LogP contribution is -2.51. The molecule has 3 N–H and O–H groups in total. The Hall–Kier alpha value is -1.83. The number of methoxy groups -OCH3 is 1. The van der Waals surface area contributed by atoms with Gasteiger partial charge in [0.25, 0.3) is 0 Å². The third kappa shape index (κ3) is 4.37. The molecule has 0 unspecified atom stereocenters. The van der Waals surface area contributed by atoms with Gasteiger partial charge >= 0.3 is 18.0 Å². The highest BCUT2D eigenvalue weighted by molar-refractivity contribution is 5.82. The number of aliphatic hydroxyl groups is 1. The zero-order chi connectivity index (χ0) is 15.1. The second-order valence-corrected chi connectivity index (χ2v) is 4.64. The zero-order valence-electron chi connectivity index (χ0n) is 11.4.